The first-order valence-corrected chi connectivity index (χ1v) is 7.22. The van der Waals surface area contributed by atoms with Gasteiger partial charge in [0.25, 0.3) is 0 Å². The lowest BCUT2D eigenvalue weighted by Gasteiger charge is -2.40. The molecule has 3 heteroatoms. The predicted molar refractivity (Wildman–Crippen MR) is 78.9 cm³/mol. The van der Waals surface area contributed by atoms with E-state index in [1.807, 2.05) is 19.9 Å². The largest absolute Gasteiger partial charge is 0.368 e. The standard InChI is InChI=1S/C16H25FN2/c1-10-5-6-12(3)19(9-10)16-7-11(2)15(17)8-14(16)13(4)18/h7-8,10,12-13H,5-6,9,18H2,1-4H3/t10?,12?,13-/m0/s1. The predicted octanol–water partition coefficient (Wildman–Crippen LogP) is 3.78. The Kier molecular flexibility index (Phi) is 4.14. The Morgan fingerprint density at radius 2 is 2.00 bits per heavy atom. The summed E-state index contributed by atoms with van der Waals surface area (Å²) in [5.41, 5.74) is 8.76. The summed E-state index contributed by atoms with van der Waals surface area (Å²) in [6, 6.07) is 3.93. The maximum Gasteiger partial charge on any atom is 0.126 e. The van der Waals surface area contributed by atoms with Gasteiger partial charge in [-0.05, 0) is 62.8 Å². The molecule has 0 spiro atoms. The van der Waals surface area contributed by atoms with E-state index in [-0.39, 0.29) is 11.9 Å². The summed E-state index contributed by atoms with van der Waals surface area (Å²) in [4.78, 5) is 2.40. The van der Waals surface area contributed by atoms with Crippen molar-refractivity contribution < 1.29 is 4.39 Å². The number of aryl methyl sites for hydroxylation is 1. The van der Waals surface area contributed by atoms with Gasteiger partial charge in [0.1, 0.15) is 5.82 Å². The summed E-state index contributed by atoms with van der Waals surface area (Å²) in [5.74, 6) is 0.524. The third-order valence-electron chi connectivity index (χ3n) is 4.23. The van der Waals surface area contributed by atoms with E-state index < -0.39 is 0 Å². The van der Waals surface area contributed by atoms with Crippen molar-refractivity contribution in [1.82, 2.24) is 0 Å². The van der Waals surface area contributed by atoms with Gasteiger partial charge in [0, 0.05) is 24.3 Å². The van der Waals surface area contributed by atoms with Gasteiger partial charge in [0.15, 0.2) is 0 Å². The Bertz CT molecular complexity index is 456. The molecule has 0 saturated carbocycles. The monoisotopic (exact) mass is 264 g/mol. The van der Waals surface area contributed by atoms with E-state index >= 15 is 0 Å². The molecule has 2 nitrogen and oxygen atoms in total. The molecule has 1 aromatic rings. The molecule has 19 heavy (non-hydrogen) atoms. The molecule has 1 aliphatic heterocycles. The topological polar surface area (TPSA) is 29.3 Å². The Morgan fingerprint density at radius 3 is 2.63 bits per heavy atom. The summed E-state index contributed by atoms with van der Waals surface area (Å²) >= 11 is 0. The highest BCUT2D eigenvalue weighted by atomic mass is 19.1. The minimum atomic E-state index is -0.159. The van der Waals surface area contributed by atoms with Crippen molar-refractivity contribution in [3.05, 3.63) is 29.1 Å². The average Bonchev–Trinajstić information content (AvgIpc) is 2.35. The maximum absolute atomic E-state index is 13.8. The zero-order chi connectivity index (χ0) is 14.2. The van der Waals surface area contributed by atoms with Crippen LogP contribution in [0.2, 0.25) is 0 Å². The van der Waals surface area contributed by atoms with Gasteiger partial charge in [-0.2, -0.15) is 0 Å². The number of anilines is 1. The van der Waals surface area contributed by atoms with Gasteiger partial charge in [-0.25, -0.2) is 4.39 Å². The molecular formula is C16H25FN2. The fraction of sp³-hybridized carbons (Fsp3) is 0.625. The van der Waals surface area contributed by atoms with E-state index in [2.05, 4.69) is 18.7 Å². The molecule has 2 N–H and O–H groups in total. The zero-order valence-electron chi connectivity index (χ0n) is 12.4. The highest BCUT2D eigenvalue weighted by Crippen LogP contribution is 2.34. The number of rotatable bonds is 2. The molecule has 3 atom stereocenters. The first kappa shape index (κ1) is 14.3. The molecule has 1 saturated heterocycles. The third-order valence-corrected chi connectivity index (χ3v) is 4.23. The minimum absolute atomic E-state index is 0.144. The van der Waals surface area contributed by atoms with Gasteiger partial charge in [0.2, 0.25) is 0 Å². The Hall–Kier alpha value is -1.09. The van der Waals surface area contributed by atoms with Crippen LogP contribution < -0.4 is 10.6 Å². The molecule has 1 fully saturated rings. The summed E-state index contributed by atoms with van der Waals surface area (Å²) < 4.78 is 13.8. The second-order valence-corrected chi connectivity index (χ2v) is 6.13. The third kappa shape index (κ3) is 2.92. The van der Waals surface area contributed by atoms with Gasteiger partial charge >= 0.3 is 0 Å². The Morgan fingerprint density at radius 1 is 1.32 bits per heavy atom. The Balaban J connectivity index is 2.44. The lowest BCUT2D eigenvalue weighted by molar-refractivity contribution is 0.389. The highest BCUT2D eigenvalue weighted by Gasteiger charge is 2.26. The van der Waals surface area contributed by atoms with Gasteiger partial charge < -0.3 is 10.6 Å². The fourth-order valence-electron chi connectivity index (χ4n) is 2.92. The van der Waals surface area contributed by atoms with Crippen LogP contribution in [-0.2, 0) is 0 Å². The summed E-state index contributed by atoms with van der Waals surface area (Å²) in [6.45, 7) is 9.30. The highest BCUT2D eigenvalue weighted by molar-refractivity contribution is 5.58. The summed E-state index contributed by atoms with van der Waals surface area (Å²) in [6.07, 6.45) is 2.46. The molecule has 106 valence electrons. The van der Waals surface area contributed by atoms with Gasteiger partial charge in [-0.15, -0.1) is 0 Å². The average molecular weight is 264 g/mol. The van der Waals surface area contributed by atoms with Crippen LogP contribution in [0.25, 0.3) is 0 Å². The summed E-state index contributed by atoms with van der Waals surface area (Å²) in [7, 11) is 0. The molecule has 1 heterocycles. The van der Waals surface area contributed by atoms with Crippen LogP contribution in [0.3, 0.4) is 0 Å². The van der Waals surface area contributed by atoms with E-state index in [9.17, 15) is 4.39 Å². The van der Waals surface area contributed by atoms with E-state index in [1.54, 1.807) is 6.07 Å². The first-order valence-electron chi connectivity index (χ1n) is 7.22. The lowest BCUT2D eigenvalue weighted by Crippen LogP contribution is -2.42. The summed E-state index contributed by atoms with van der Waals surface area (Å²) in [5, 5.41) is 0. The van der Waals surface area contributed by atoms with Crippen molar-refractivity contribution in [3.63, 3.8) is 0 Å². The molecular weight excluding hydrogens is 239 g/mol. The number of piperidine rings is 1. The van der Waals surface area contributed by atoms with E-state index in [1.165, 1.54) is 12.8 Å². The number of benzene rings is 1. The van der Waals surface area contributed by atoms with Crippen LogP contribution in [0.4, 0.5) is 10.1 Å². The lowest BCUT2D eigenvalue weighted by atomic mass is 9.92. The first-order chi connectivity index (χ1) is 8.90. The normalized spacial score (nSPS) is 25.5. The fourth-order valence-corrected chi connectivity index (χ4v) is 2.92. The molecule has 0 amide bonds. The van der Waals surface area contributed by atoms with Crippen LogP contribution >= 0.6 is 0 Å². The number of hydrogen-bond donors (Lipinski definition) is 1. The molecule has 1 aromatic carbocycles. The van der Waals surface area contributed by atoms with Crippen molar-refractivity contribution in [2.45, 2.75) is 52.6 Å². The van der Waals surface area contributed by atoms with Crippen LogP contribution in [0.15, 0.2) is 12.1 Å². The molecule has 0 aromatic heterocycles. The van der Waals surface area contributed by atoms with E-state index in [0.29, 0.717) is 17.5 Å². The molecule has 2 unspecified atom stereocenters. The maximum atomic E-state index is 13.8. The molecule has 0 bridgehead atoms. The SMILES string of the molecule is Cc1cc(N2CC(C)CCC2C)c([C@H](C)N)cc1F. The molecule has 1 aliphatic rings. The van der Waals surface area contributed by atoms with Crippen molar-refractivity contribution in [2.24, 2.45) is 11.7 Å². The van der Waals surface area contributed by atoms with Gasteiger partial charge in [0.05, 0.1) is 0 Å². The zero-order valence-corrected chi connectivity index (χ0v) is 12.4. The molecule has 2 rings (SSSR count). The van der Waals surface area contributed by atoms with Crippen LogP contribution in [0, 0.1) is 18.7 Å². The van der Waals surface area contributed by atoms with Crippen LogP contribution in [0.5, 0.6) is 0 Å². The van der Waals surface area contributed by atoms with Crippen molar-refractivity contribution in [1.29, 1.82) is 0 Å². The van der Waals surface area contributed by atoms with E-state index in [0.717, 1.165) is 17.8 Å². The van der Waals surface area contributed by atoms with Gasteiger partial charge in [-0.3, -0.25) is 0 Å². The van der Waals surface area contributed by atoms with Crippen molar-refractivity contribution >= 4 is 5.69 Å². The van der Waals surface area contributed by atoms with Crippen molar-refractivity contribution in [3.8, 4) is 0 Å². The quantitative estimate of drug-likeness (QED) is 0.881. The number of hydrogen-bond acceptors (Lipinski definition) is 2. The smallest absolute Gasteiger partial charge is 0.126 e. The Labute approximate surface area is 115 Å². The number of nitrogens with two attached hydrogens (primary N) is 1. The molecule has 0 aliphatic carbocycles. The number of halogens is 1. The second-order valence-electron chi connectivity index (χ2n) is 6.13. The second kappa shape index (κ2) is 5.49. The molecule has 0 radical (unpaired) electrons. The van der Waals surface area contributed by atoms with Crippen molar-refractivity contribution in [2.75, 3.05) is 11.4 Å². The number of nitrogens with zero attached hydrogens (tertiary/aromatic N) is 1. The van der Waals surface area contributed by atoms with Crippen LogP contribution in [-0.4, -0.2) is 12.6 Å². The van der Waals surface area contributed by atoms with Gasteiger partial charge in [-0.1, -0.05) is 6.92 Å². The van der Waals surface area contributed by atoms with E-state index in [4.69, 9.17) is 5.73 Å². The minimum Gasteiger partial charge on any atom is -0.368 e. The van der Waals surface area contributed by atoms with Crippen LogP contribution in [0.1, 0.15) is 50.8 Å².